The van der Waals surface area contributed by atoms with Crippen LogP contribution in [-0.2, 0) is 20.7 Å². The number of halogens is 1. The van der Waals surface area contributed by atoms with Crippen molar-refractivity contribution in [1.82, 2.24) is 5.32 Å². The van der Waals surface area contributed by atoms with Crippen LogP contribution in [0.25, 0.3) is 0 Å². The number of hydrogen-bond acceptors (Lipinski definition) is 3. The highest BCUT2D eigenvalue weighted by Gasteiger charge is 2.20. The molecule has 1 aromatic rings. The summed E-state index contributed by atoms with van der Waals surface area (Å²) in [6, 6.07) is 5.18. The van der Waals surface area contributed by atoms with E-state index in [1.807, 2.05) is 13.8 Å². The van der Waals surface area contributed by atoms with Crippen LogP contribution in [-0.4, -0.2) is 24.5 Å². The van der Waals surface area contributed by atoms with Crippen molar-refractivity contribution >= 4 is 11.9 Å². The minimum atomic E-state index is -0.662. The second-order valence-corrected chi connectivity index (χ2v) is 5.36. The van der Waals surface area contributed by atoms with E-state index in [1.54, 1.807) is 19.1 Å². The summed E-state index contributed by atoms with van der Waals surface area (Å²) in [6.45, 7) is 6.01. The van der Waals surface area contributed by atoms with Crippen molar-refractivity contribution in [3.05, 3.63) is 35.6 Å². The van der Waals surface area contributed by atoms with E-state index in [2.05, 4.69) is 5.32 Å². The van der Waals surface area contributed by atoms with E-state index in [9.17, 15) is 14.0 Å². The normalized spacial score (nSPS) is 12.0. The Kier molecular flexibility index (Phi) is 6.85. The fourth-order valence-corrected chi connectivity index (χ4v) is 1.75. The number of rotatable bonds is 7. The number of ether oxygens (including phenoxy) is 1. The van der Waals surface area contributed by atoms with Crippen molar-refractivity contribution in [2.45, 2.75) is 39.7 Å². The maximum Gasteiger partial charge on any atom is 0.328 e. The first-order valence-electron chi connectivity index (χ1n) is 7.12. The number of esters is 1. The summed E-state index contributed by atoms with van der Waals surface area (Å²) in [4.78, 5) is 23.7. The van der Waals surface area contributed by atoms with Gasteiger partial charge in [0.05, 0.1) is 13.0 Å². The van der Waals surface area contributed by atoms with Crippen molar-refractivity contribution in [2.24, 2.45) is 5.92 Å². The van der Waals surface area contributed by atoms with Crippen LogP contribution in [0.4, 0.5) is 4.39 Å². The Hall–Kier alpha value is -1.91. The third-order valence-electron chi connectivity index (χ3n) is 2.84. The maximum atomic E-state index is 13.0. The SMILES string of the molecule is CCC(NC(=O)Cc1cccc(F)c1)C(=O)OCC(C)C. The van der Waals surface area contributed by atoms with Crippen LogP contribution >= 0.6 is 0 Å². The van der Waals surface area contributed by atoms with Crippen molar-refractivity contribution in [3.63, 3.8) is 0 Å². The van der Waals surface area contributed by atoms with Gasteiger partial charge < -0.3 is 10.1 Å². The molecule has 0 aromatic heterocycles. The largest absolute Gasteiger partial charge is 0.464 e. The van der Waals surface area contributed by atoms with Crippen molar-refractivity contribution < 1.29 is 18.7 Å². The molecular formula is C16H22FNO3. The Balaban J connectivity index is 2.52. The van der Waals surface area contributed by atoms with Crippen LogP contribution in [0, 0.1) is 11.7 Å². The van der Waals surface area contributed by atoms with Gasteiger partial charge in [-0.3, -0.25) is 4.79 Å². The first-order valence-corrected chi connectivity index (χ1v) is 7.12. The molecule has 0 heterocycles. The van der Waals surface area contributed by atoms with Gasteiger partial charge in [-0.2, -0.15) is 0 Å². The Labute approximate surface area is 124 Å². The van der Waals surface area contributed by atoms with E-state index in [0.29, 0.717) is 18.6 Å². The van der Waals surface area contributed by atoms with E-state index in [0.717, 1.165) is 0 Å². The molecule has 0 aliphatic carbocycles. The fourth-order valence-electron chi connectivity index (χ4n) is 1.75. The van der Waals surface area contributed by atoms with Gasteiger partial charge in [-0.15, -0.1) is 0 Å². The number of nitrogens with one attached hydrogen (secondary N) is 1. The summed E-state index contributed by atoms with van der Waals surface area (Å²) in [5, 5.41) is 2.62. The summed E-state index contributed by atoms with van der Waals surface area (Å²) >= 11 is 0. The minimum Gasteiger partial charge on any atom is -0.464 e. The van der Waals surface area contributed by atoms with Crippen LogP contribution in [0.3, 0.4) is 0 Å². The van der Waals surface area contributed by atoms with E-state index in [-0.39, 0.29) is 24.1 Å². The topological polar surface area (TPSA) is 55.4 Å². The molecule has 1 aromatic carbocycles. The Morgan fingerprint density at radius 3 is 2.62 bits per heavy atom. The lowest BCUT2D eigenvalue weighted by Gasteiger charge is -2.17. The second-order valence-electron chi connectivity index (χ2n) is 5.36. The molecule has 1 unspecified atom stereocenters. The molecule has 21 heavy (non-hydrogen) atoms. The average Bonchev–Trinajstić information content (AvgIpc) is 2.42. The van der Waals surface area contributed by atoms with Gasteiger partial charge in [0.25, 0.3) is 0 Å². The Bertz CT molecular complexity index is 488. The van der Waals surface area contributed by atoms with Gasteiger partial charge in [-0.05, 0) is 30.0 Å². The number of benzene rings is 1. The van der Waals surface area contributed by atoms with Gasteiger partial charge >= 0.3 is 5.97 Å². The first kappa shape index (κ1) is 17.1. The molecule has 0 fully saturated rings. The molecular weight excluding hydrogens is 273 g/mol. The number of carbonyl (C=O) groups excluding carboxylic acids is 2. The molecule has 1 N–H and O–H groups in total. The molecule has 116 valence electrons. The third-order valence-corrected chi connectivity index (χ3v) is 2.84. The van der Waals surface area contributed by atoms with E-state index < -0.39 is 12.0 Å². The second kappa shape index (κ2) is 8.39. The summed E-state index contributed by atoms with van der Waals surface area (Å²) < 4.78 is 18.2. The standard InChI is InChI=1S/C16H22FNO3/c1-4-14(16(20)21-10-11(2)3)18-15(19)9-12-6-5-7-13(17)8-12/h5-8,11,14H,4,9-10H2,1-3H3,(H,18,19). The van der Waals surface area contributed by atoms with Crippen LogP contribution in [0.15, 0.2) is 24.3 Å². The molecule has 0 bridgehead atoms. The maximum absolute atomic E-state index is 13.0. The van der Waals surface area contributed by atoms with Gasteiger partial charge in [0.15, 0.2) is 0 Å². The first-order chi connectivity index (χ1) is 9.92. The van der Waals surface area contributed by atoms with Gasteiger partial charge in [-0.25, -0.2) is 9.18 Å². The average molecular weight is 295 g/mol. The molecule has 0 radical (unpaired) electrons. The van der Waals surface area contributed by atoms with Gasteiger partial charge in [0.1, 0.15) is 11.9 Å². The number of hydrogen-bond donors (Lipinski definition) is 1. The molecule has 1 atom stereocenters. The van der Waals surface area contributed by atoms with Crippen LogP contribution in [0.5, 0.6) is 0 Å². The lowest BCUT2D eigenvalue weighted by molar-refractivity contribution is -0.149. The quantitative estimate of drug-likeness (QED) is 0.786. The number of carbonyl (C=O) groups is 2. The van der Waals surface area contributed by atoms with Gasteiger partial charge in [0, 0.05) is 0 Å². The molecule has 1 rings (SSSR count). The third kappa shape index (κ3) is 6.38. The van der Waals surface area contributed by atoms with Crippen molar-refractivity contribution in [1.29, 1.82) is 0 Å². The summed E-state index contributed by atoms with van der Waals surface area (Å²) in [5.74, 6) is -0.897. The molecule has 0 aliphatic heterocycles. The molecule has 0 aliphatic rings. The highest BCUT2D eigenvalue weighted by atomic mass is 19.1. The minimum absolute atomic E-state index is 0.0335. The molecule has 0 saturated heterocycles. The molecule has 5 heteroatoms. The van der Waals surface area contributed by atoms with E-state index in [4.69, 9.17) is 4.74 Å². The predicted molar refractivity (Wildman–Crippen MR) is 78.1 cm³/mol. The summed E-state index contributed by atoms with van der Waals surface area (Å²) in [6.07, 6.45) is 0.484. The smallest absolute Gasteiger partial charge is 0.328 e. The highest BCUT2D eigenvalue weighted by molar-refractivity contribution is 5.85. The monoisotopic (exact) mass is 295 g/mol. The fraction of sp³-hybridized carbons (Fsp3) is 0.500. The zero-order valence-corrected chi connectivity index (χ0v) is 12.7. The predicted octanol–water partition coefficient (Wildman–Crippen LogP) is 2.46. The van der Waals surface area contributed by atoms with E-state index in [1.165, 1.54) is 12.1 Å². The van der Waals surface area contributed by atoms with Gasteiger partial charge in [0.2, 0.25) is 5.91 Å². The number of amides is 1. The van der Waals surface area contributed by atoms with E-state index >= 15 is 0 Å². The van der Waals surface area contributed by atoms with Crippen LogP contribution < -0.4 is 5.32 Å². The van der Waals surface area contributed by atoms with Crippen LogP contribution in [0.1, 0.15) is 32.8 Å². The Morgan fingerprint density at radius 2 is 2.05 bits per heavy atom. The zero-order valence-electron chi connectivity index (χ0n) is 12.7. The van der Waals surface area contributed by atoms with Gasteiger partial charge in [-0.1, -0.05) is 32.9 Å². The summed E-state index contributed by atoms with van der Waals surface area (Å²) in [7, 11) is 0. The van der Waals surface area contributed by atoms with Crippen molar-refractivity contribution in [2.75, 3.05) is 6.61 Å². The lowest BCUT2D eigenvalue weighted by Crippen LogP contribution is -2.42. The molecule has 0 spiro atoms. The molecule has 0 saturated carbocycles. The zero-order chi connectivity index (χ0) is 15.8. The lowest BCUT2D eigenvalue weighted by atomic mass is 10.1. The Morgan fingerprint density at radius 1 is 1.33 bits per heavy atom. The molecule has 4 nitrogen and oxygen atoms in total. The van der Waals surface area contributed by atoms with Crippen LogP contribution in [0.2, 0.25) is 0 Å². The molecule has 1 amide bonds. The highest BCUT2D eigenvalue weighted by Crippen LogP contribution is 2.05. The van der Waals surface area contributed by atoms with Crippen molar-refractivity contribution in [3.8, 4) is 0 Å². The summed E-state index contributed by atoms with van der Waals surface area (Å²) in [5.41, 5.74) is 0.568.